The van der Waals surface area contributed by atoms with Crippen LogP contribution in [-0.4, -0.2) is 25.5 Å². The molecule has 1 unspecified atom stereocenters. The number of aryl methyl sites for hydroxylation is 2. The second-order valence-electron chi connectivity index (χ2n) is 4.91. The van der Waals surface area contributed by atoms with Crippen molar-refractivity contribution in [2.75, 3.05) is 13.6 Å². The van der Waals surface area contributed by atoms with Gasteiger partial charge in [0.1, 0.15) is 5.58 Å². The van der Waals surface area contributed by atoms with Crippen molar-refractivity contribution >= 4 is 29.3 Å². The number of likely N-dealkylation sites (N-methyl/N-ethyl adjacent to an activating group) is 1. The summed E-state index contributed by atoms with van der Waals surface area (Å²) in [6, 6.07) is 6.17. The van der Waals surface area contributed by atoms with E-state index in [-0.39, 0.29) is 24.4 Å². The zero-order valence-corrected chi connectivity index (χ0v) is 13.1. The number of fused-ring (bicyclic) bond motifs is 1. The van der Waals surface area contributed by atoms with Crippen molar-refractivity contribution in [3.63, 3.8) is 0 Å². The number of benzene rings is 1. The number of halogens is 1. The Morgan fingerprint density at radius 1 is 1.35 bits per heavy atom. The molecule has 2 aromatic rings. The molecule has 2 N–H and O–H groups in total. The van der Waals surface area contributed by atoms with Gasteiger partial charge in [-0.25, -0.2) is 0 Å². The normalized spacial score (nSPS) is 12.0. The summed E-state index contributed by atoms with van der Waals surface area (Å²) in [4.78, 5) is 12.1. The lowest BCUT2D eigenvalue weighted by Crippen LogP contribution is -2.37. The molecule has 0 saturated carbocycles. The van der Waals surface area contributed by atoms with Crippen LogP contribution in [0.4, 0.5) is 0 Å². The molecule has 0 aliphatic heterocycles. The van der Waals surface area contributed by atoms with Gasteiger partial charge in [-0.05, 0) is 33.4 Å². The Bertz CT molecular complexity index is 607. The molecule has 0 aliphatic carbocycles. The quantitative estimate of drug-likeness (QED) is 0.912. The van der Waals surface area contributed by atoms with Crippen LogP contribution in [-0.2, 0) is 0 Å². The van der Waals surface area contributed by atoms with E-state index in [0.29, 0.717) is 12.3 Å². The topological polar surface area (TPSA) is 54.3 Å². The van der Waals surface area contributed by atoms with E-state index in [1.165, 1.54) is 0 Å². The lowest BCUT2D eigenvalue weighted by molar-refractivity contribution is 0.0924. The maximum atomic E-state index is 12.1. The lowest BCUT2D eigenvalue weighted by atomic mass is 10.1. The standard InChI is InChI=1S/C15H20N2O2.ClH/c1-9-6-5-7-12-11(3)14(19-13(9)12)15(18)17-8-10(2)16-4;/h5-7,10,16H,8H2,1-4H3,(H,17,18);1H. The van der Waals surface area contributed by atoms with Crippen LogP contribution >= 0.6 is 12.4 Å². The Hall–Kier alpha value is -1.52. The van der Waals surface area contributed by atoms with Gasteiger partial charge in [0.2, 0.25) is 0 Å². The minimum atomic E-state index is -0.157. The van der Waals surface area contributed by atoms with Crippen LogP contribution in [0.3, 0.4) is 0 Å². The van der Waals surface area contributed by atoms with Gasteiger partial charge in [-0.2, -0.15) is 0 Å². The molecule has 0 spiro atoms. The van der Waals surface area contributed by atoms with Crippen LogP contribution in [0.2, 0.25) is 0 Å². The second kappa shape index (κ2) is 6.77. The van der Waals surface area contributed by atoms with Crippen molar-refractivity contribution in [2.45, 2.75) is 26.8 Å². The summed E-state index contributed by atoms with van der Waals surface area (Å²) >= 11 is 0. The molecule has 20 heavy (non-hydrogen) atoms. The van der Waals surface area contributed by atoms with Crippen molar-refractivity contribution in [3.8, 4) is 0 Å². The van der Waals surface area contributed by atoms with Crippen molar-refractivity contribution in [2.24, 2.45) is 0 Å². The first-order valence-corrected chi connectivity index (χ1v) is 6.48. The maximum Gasteiger partial charge on any atom is 0.287 e. The molecular formula is C15H21ClN2O2. The van der Waals surface area contributed by atoms with Gasteiger partial charge in [-0.1, -0.05) is 18.2 Å². The van der Waals surface area contributed by atoms with Gasteiger partial charge in [0.25, 0.3) is 5.91 Å². The molecule has 1 aromatic carbocycles. The van der Waals surface area contributed by atoms with Crippen molar-refractivity contribution in [1.82, 2.24) is 10.6 Å². The summed E-state index contributed by atoms with van der Waals surface area (Å²) in [6.45, 7) is 6.48. The molecule has 0 radical (unpaired) electrons. The summed E-state index contributed by atoms with van der Waals surface area (Å²) in [5.74, 6) is 0.253. The first kappa shape index (κ1) is 16.5. The maximum absolute atomic E-state index is 12.1. The van der Waals surface area contributed by atoms with Crippen LogP contribution in [0.1, 0.15) is 28.6 Å². The third kappa shape index (κ3) is 3.14. The van der Waals surface area contributed by atoms with Gasteiger partial charge >= 0.3 is 0 Å². The predicted molar refractivity (Wildman–Crippen MR) is 83.8 cm³/mol. The van der Waals surface area contributed by atoms with Gasteiger partial charge in [0.15, 0.2) is 5.76 Å². The predicted octanol–water partition coefficient (Wildman–Crippen LogP) is 2.81. The highest BCUT2D eigenvalue weighted by atomic mass is 35.5. The average molecular weight is 297 g/mol. The van der Waals surface area contributed by atoms with Gasteiger partial charge in [0, 0.05) is 23.5 Å². The van der Waals surface area contributed by atoms with Gasteiger partial charge in [-0.15, -0.1) is 12.4 Å². The average Bonchev–Trinajstić information content (AvgIpc) is 2.75. The van der Waals surface area contributed by atoms with E-state index in [4.69, 9.17) is 4.42 Å². The van der Waals surface area contributed by atoms with E-state index in [2.05, 4.69) is 10.6 Å². The van der Waals surface area contributed by atoms with E-state index < -0.39 is 0 Å². The molecule has 0 fully saturated rings. The van der Waals surface area contributed by atoms with E-state index in [9.17, 15) is 4.79 Å². The van der Waals surface area contributed by atoms with E-state index >= 15 is 0 Å². The Balaban J connectivity index is 0.00000200. The number of carbonyl (C=O) groups excluding carboxylic acids is 1. The molecule has 1 heterocycles. The van der Waals surface area contributed by atoms with Crippen LogP contribution in [0.15, 0.2) is 22.6 Å². The Morgan fingerprint density at radius 2 is 2.05 bits per heavy atom. The van der Waals surface area contributed by atoms with Crippen molar-refractivity contribution < 1.29 is 9.21 Å². The highest BCUT2D eigenvalue weighted by Gasteiger charge is 2.18. The number of furan rings is 1. The molecule has 1 amide bonds. The fraction of sp³-hybridized carbons (Fsp3) is 0.400. The molecule has 1 atom stereocenters. The third-order valence-electron chi connectivity index (χ3n) is 3.43. The van der Waals surface area contributed by atoms with Crippen LogP contribution in [0, 0.1) is 13.8 Å². The Morgan fingerprint density at radius 3 is 2.65 bits per heavy atom. The fourth-order valence-corrected chi connectivity index (χ4v) is 2.03. The second-order valence-corrected chi connectivity index (χ2v) is 4.91. The highest BCUT2D eigenvalue weighted by molar-refractivity contribution is 5.99. The fourth-order valence-electron chi connectivity index (χ4n) is 2.03. The number of nitrogens with one attached hydrogen (secondary N) is 2. The number of hydrogen-bond acceptors (Lipinski definition) is 3. The molecular weight excluding hydrogens is 276 g/mol. The molecule has 0 aliphatic rings. The number of para-hydroxylation sites is 1. The molecule has 0 bridgehead atoms. The van der Waals surface area contributed by atoms with Gasteiger partial charge in [-0.3, -0.25) is 4.79 Å². The molecule has 1 aromatic heterocycles. The smallest absolute Gasteiger partial charge is 0.287 e. The summed E-state index contributed by atoms with van der Waals surface area (Å²) < 4.78 is 5.72. The van der Waals surface area contributed by atoms with Gasteiger partial charge < -0.3 is 15.1 Å². The van der Waals surface area contributed by atoms with Gasteiger partial charge in [0.05, 0.1) is 0 Å². The van der Waals surface area contributed by atoms with Crippen molar-refractivity contribution in [3.05, 3.63) is 35.1 Å². The van der Waals surface area contributed by atoms with Crippen LogP contribution in [0.25, 0.3) is 11.0 Å². The van der Waals surface area contributed by atoms with E-state index in [1.807, 2.05) is 46.0 Å². The summed E-state index contributed by atoms with van der Waals surface area (Å²) in [5, 5.41) is 6.96. The van der Waals surface area contributed by atoms with E-state index in [1.54, 1.807) is 0 Å². The summed E-state index contributed by atoms with van der Waals surface area (Å²) in [6.07, 6.45) is 0. The molecule has 110 valence electrons. The minimum absolute atomic E-state index is 0. The monoisotopic (exact) mass is 296 g/mol. The minimum Gasteiger partial charge on any atom is -0.450 e. The number of hydrogen-bond donors (Lipinski definition) is 2. The first-order valence-electron chi connectivity index (χ1n) is 6.48. The Kier molecular flexibility index (Phi) is 5.60. The summed E-state index contributed by atoms with van der Waals surface area (Å²) in [5.41, 5.74) is 2.74. The third-order valence-corrected chi connectivity index (χ3v) is 3.43. The lowest BCUT2D eigenvalue weighted by Gasteiger charge is -2.10. The largest absolute Gasteiger partial charge is 0.450 e. The number of amides is 1. The number of carbonyl (C=O) groups is 1. The molecule has 0 saturated heterocycles. The molecule has 2 rings (SSSR count). The number of rotatable bonds is 4. The molecule has 5 heteroatoms. The zero-order valence-electron chi connectivity index (χ0n) is 12.2. The summed E-state index contributed by atoms with van der Waals surface area (Å²) in [7, 11) is 1.87. The first-order chi connectivity index (χ1) is 9.04. The van der Waals surface area contributed by atoms with Crippen molar-refractivity contribution in [1.29, 1.82) is 0 Å². The van der Waals surface area contributed by atoms with Crippen LogP contribution in [0.5, 0.6) is 0 Å². The Labute approximate surface area is 125 Å². The zero-order chi connectivity index (χ0) is 14.0. The van der Waals surface area contributed by atoms with Crippen LogP contribution < -0.4 is 10.6 Å². The van der Waals surface area contributed by atoms with E-state index in [0.717, 1.165) is 22.1 Å². The molecule has 4 nitrogen and oxygen atoms in total. The SMILES string of the molecule is CNC(C)CNC(=O)c1oc2c(C)cccc2c1C.Cl. The highest BCUT2D eigenvalue weighted by Crippen LogP contribution is 2.27.